The highest BCUT2D eigenvalue weighted by Gasteiger charge is 2.23. The largest absolute Gasteiger partial charge is 0.370 e. The number of ether oxygens (including phenoxy) is 1. The fraction of sp³-hybridized carbons (Fsp3) is 0.211. The van der Waals surface area contributed by atoms with Crippen LogP contribution in [0.25, 0.3) is 6.08 Å². The molecule has 3 heteroatoms. The molecule has 0 spiro atoms. The van der Waals surface area contributed by atoms with E-state index in [0.29, 0.717) is 19.7 Å². The summed E-state index contributed by atoms with van der Waals surface area (Å²) in [6.07, 6.45) is 3.46. The van der Waals surface area contributed by atoms with Gasteiger partial charge in [-0.2, -0.15) is 0 Å². The minimum Gasteiger partial charge on any atom is -0.370 e. The van der Waals surface area contributed by atoms with E-state index in [2.05, 4.69) is 0 Å². The van der Waals surface area contributed by atoms with Crippen molar-refractivity contribution in [3.63, 3.8) is 0 Å². The van der Waals surface area contributed by atoms with E-state index in [1.165, 1.54) is 0 Å². The number of nitrogens with zero attached hydrogens (tertiary/aromatic N) is 1. The number of amides is 1. The Hall–Kier alpha value is -2.39. The van der Waals surface area contributed by atoms with Crippen molar-refractivity contribution < 1.29 is 9.53 Å². The van der Waals surface area contributed by atoms with E-state index in [9.17, 15) is 4.79 Å². The summed E-state index contributed by atoms with van der Waals surface area (Å²) in [6.45, 7) is 1.81. The lowest BCUT2D eigenvalue weighted by molar-refractivity contribution is -0.133. The number of hydrogen-bond donors (Lipinski definition) is 0. The maximum atomic E-state index is 12.3. The van der Waals surface area contributed by atoms with Crippen LogP contribution in [0.3, 0.4) is 0 Å². The summed E-state index contributed by atoms with van der Waals surface area (Å²) in [7, 11) is 0. The Morgan fingerprint density at radius 2 is 1.73 bits per heavy atom. The molecule has 2 aromatic carbocycles. The quantitative estimate of drug-likeness (QED) is 0.813. The highest BCUT2D eigenvalue weighted by Crippen LogP contribution is 2.22. The molecule has 1 atom stereocenters. The average molecular weight is 293 g/mol. The molecule has 1 fully saturated rings. The maximum Gasteiger partial charge on any atom is 0.246 e. The van der Waals surface area contributed by atoms with E-state index in [1.54, 1.807) is 6.08 Å². The van der Waals surface area contributed by atoms with Gasteiger partial charge >= 0.3 is 0 Å². The molecular weight excluding hydrogens is 274 g/mol. The van der Waals surface area contributed by atoms with Gasteiger partial charge in [-0.15, -0.1) is 0 Å². The number of carbonyl (C=O) groups excluding carboxylic acids is 1. The van der Waals surface area contributed by atoms with Gasteiger partial charge in [0.25, 0.3) is 0 Å². The molecule has 1 unspecified atom stereocenters. The Balaban J connectivity index is 1.64. The van der Waals surface area contributed by atoms with Gasteiger partial charge in [0.05, 0.1) is 13.2 Å². The number of hydrogen-bond acceptors (Lipinski definition) is 2. The van der Waals surface area contributed by atoms with Crippen LogP contribution in [-0.4, -0.2) is 30.5 Å². The van der Waals surface area contributed by atoms with Gasteiger partial charge in [0.15, 0.2) is 0 Å². The van der Waals surface area contributed by atoms with Gasteiger partial charge in [0.1, 0.15) is 6.10 Å². The zero-order valence-electron chi connectivity index (χ0n) is 12.4. The van der Waals surface area contributed by atoms with Gasteiger partial charge in [0, 0.05) is 12.6 Å². The molecular formula is C19H19NO2. The molecule has 0 aromatic heterocycles. The lowest BCUT2D eigenvalue weighted by atomic mass is 10.1. The third kappa shape index (κ3) is 3.62. The Labute approximate surface area is 130 Å². The summed E-state index contributed by atoms with van der Waals surface area (Å²) in [4.78, 5) is 14.2. The maximum absolute atomic E-state index is 12.3. The van der Waals surface area contributed by atoms with Crippen molar-refractivity contribution in [3.05, 3.63) is 77.9 Å². The third-order valence-corrected chi connectivity index (χ3v) is 3.77. The second-order valence-corrected chi connectivity index (χ2v) is 5.30. The molecule has 3 rings (SSSR count). The van der Waals surface area contributed by atoms with Crippen molar-refractivity contribution in [1.29, 1.82) is 0 Å². The highest BCUT2D eigenvalue weighted by atomic mass is 16.5. The molecule has 0 aliphatic carbocycles. The first-order valence-electron chi connectivity index (χ1n) is 7.51. The lowest BCUT2D eigenvalue weighted by Crippen LogP contribution is -2.41. The molecule has 112 valence electrons. The molecule has 1 saturated heterocycles. The SMILES string of the molecule is O=C(/C=C/c1ccccc1)N1CCOC(c2ccccc2)C1. The minimum atomic E-state index is -0.0379. The molecule has 3 nitrogen and oxygen atoms in total. The molecule has 0 N–H and O–H groups in total. The summed E-state index contributed by atoms with van der Waals surface area (Å²) in [6, 6.07) is 19.9. The first-order valence-corrected chi connectivity index (χ1v) is 7.51. The van der Waals surface area contributed by atoms with E-state index in [4.69, 9.17) is 4.74 Å². The molecule has 0 bridgehead atoms. The molecule has 1 heterocycles. The Morgan fingerprint density at radius 1 is 1.05 bits per heavy atom. The van der Waals surface area contributed by atoms with Gasteiger partial charge < -0.3 is 9.64 Å². The second-order valence-electron chi connectivity index (χ2n) is 5.30. The van der Waals surface area contributed by atoms with Crippen molar-refractivity contribution >= 4 is 12.0 Å². The molecule has 0 saturated carbocycles. The van der Waals surface area contributed by atoms with E-state index < -0.39 is 0 Å². The standard InChI is InChI=1S/C19H19NO2/c21-19(12-11-16-7-3-1-4-8-16)20-13-14-22-18(15-20)17-9-5-2-6-10-17/h1-12,18H,13-15H2/b12-11+. The van der Waals surface area contributed by atoms with Crippen molar-refractivity contribution in [1.82, 2.24) is 4.90 Å². The van der Waals surface area contributed by atoms with Gasteiger partial charge in [-0.05, 0) is 17.2 Å². The zero-order valence-corrected chi connectivity index (χ0v) is 12.4. The summed E-state index contributed by atoms with van der Waals surface area (Å²) in [5.41, 5.74) is 2.15. The first kappa shape index (κ1) is 14.5. The van der Waals surface area contributed by atoms with Gasteiger partial charge in [-0.3, -0.25) is 4.79 Å². The minimum absolute atomic E-state index is 0.0353. The van der Waals surface area contributed by atoms with E-state index in [0.717, 1.165) is 11.1 Å². The average Bonchev–Trinajstić information content (AvgIpc) is 2.61. The zero-order chi connectivity index (χ0) is 15.2. The van der Waals surface area contributed by atoms with Crippen LogP contribution in [0.2, 0.25) is 0 Å². The van der Waals surface area contributed by atoms with Gasteiger partial charge in [-0.25, -0.2) is 0 Å². The van der Waals surface area contributed by atoms with Crippen LogP contribution in [0.5, 0.6) is 0 Å². The normalized spacial score (nSPS) is 18.5. The number of benzene rings is 2. The highest BCUT2D eigenvalue weighted by molar-refractivity contribution is 5.91. The van der Waals surface area contributed by atoms with Crippen LogP contribution in [0.15, 0.2) is 66.7 Å². The summed E-state index contributed by atoms with van der Waals surface area (Å²) in [5, 5.41) is 0. The summed E-state index contributed by atoms with van der Waals surface area (Å²) < 4.78 is 5.79. The van der Waals surface area contributed by atoms with Crippen LogP contribution < -0.4 is 0 Å². The Morgan fingerprint density at radius 3 is 2.45 bits per heavy atom. The fourth-order valence-corrected chi connectivity index (χ4v) is 2.56. The summed E-state index contributed by atoms with van der Waals surface area (Å²) in [5.74, 6) is 0.0353. The third-order valence-electron chi connectivity index (χ3n) is 3.77. The first-order chi connectivity index (χ1) is 10.8. The molecule has 2 aromatic rings. The van der Waals surface area contributed by atoms with Crippen LogP contribution in [0.4, 0.5) is 0 Å². The number of carbonyl (C=O) groups is 1. The van der Waals surface area contributed by atoms with Crippen molar-refractivity contribution in [3.8, 4) is 0 Å². The van der Waals surface area contributed by atoms with Crippen molar-refractivity contribution in [2.24, 2.45) is 0 Å². The van der Waals surface area contributed by atoms with Crippen LogP contribution in [0, 0.1) is 0 Å². The second kappa shape index (κ2) is 7.05. The van der Waals surface area contributed by atoms with Crippen LogP contribution in [-0.2, 0) is 9.53 Å². The molecule has 22 heavy (non-hydrogen) atoms. The topological polar surface area (TPSA) is 29.5 Å². The molecule has 0 radical (unpaired) electrons. The lowest BCUT2D eigenvalue weighted by Gasteiger charge is -2.32. The predicted molar refractivity (Wildman–Crippen MR) is 87.2 cm³/mol. The monoisotopic (exact) mass is 293 g/mol. The molecule has 1 aliphatic heterocycles. The Kier molecular flexibility index (Phi) is 4.66. The summed E-state index contributed by atoms with van der Waals surface area (Å²) >= 11 is 0. The smallest absolute Gasteiger partial charge is 0.246 e. The Bertz CT molecular complexity index is 637. The van der Waals surface area contributed by atoms with Crippen molar-refractivity contribution in [2.45, 2.75) is 6.10 Å². The van der Waals surface area contributed by atoms with E-state index in [1.807, 2.05) is 71.6 Å². The molecule has 1 aliphatic rings. The van der Waals surface area contributed by atoms with Crippen molar-refractivity contribution in [2.75, 3.05) is 19.7 Å². The fourth-order valence-electron chi connectivity index (χ4n) is 2.56. The molecule has 1 amide bonds. The van der Waals surface area contributed by atoms with Gasteiger partial charge in [0.2, 0.25) is 5.91 Å². The predicted octanol–water partition coefficient (Wildman–Crippen LogP) is 3.30. The number of morpholine rings is 1. The van der Waals surface area contributed by atoms with Crippen LogP contribution >= 0.6 is 0 Å². The van der Waals surface area contributed by atoms with Gasteiger partial charge in [-0.1, -0.05) is 60.7 Å². The van der Waals surface area contributed by atoms with E-state index >= 15 is 0 Å². The number of rotatable bonds is 3. The van der Waals surface area contributed by atoms with Crippen LogP contribution in [0.1, 0.15) is 17.2 Å². The van der Waals surface area contributed by atoms with E-state index in [-0.39, 0.29) is 12.0 Å².